The fourth-order valence-corrected chi connectivity index (χ4v) is 1.48. The summed E-state index contributed by atoms with van der Waals surface area (Å²) in [6, 6.07) is -0.856. The van der Waals surface area contributed by atoms with Crippen molar-refractivity contribution < 1.29 is 13.9 Å². The number of carbonyl (C=O) groups is 1. The van der Waals surface area contributed by atoms with Crippen LogP contribution in [0.15, 0.2) is 0 Å². The fraction of sp³-hybridized carbons (Fsp3) is 0.923. The molecule has 0 aromatic rings. The lowest BCUT2D eigenvalue weighted by Crippen LogP contribution is -2.39. The molecule has 0 bridgehead atoms. The summed E-state index contributed by atoms with van der Waals surface area (Å²) >= 11 is 0. The van der Waals surface area contributed by atoms with Crippen molar-refractivity contribution in [3.8, 4) is 0 Å². The van der Waals surface area contributed by atoms with E-state index >= 15 is 0 Å². The second-order valence-electron chi connectivity index (χ2n) is 5.47. The summed E-state index contributed by atoms with van der Waals surface area (Å²) in [6.07, 6.45) is 2.44. The lowest BCUT2D eigenvalue weighted by molar-refractivity contribution is -0.157. The minimum absolute atomic E-state index is 0.0542. The van der Waals surface area contributed by atoms with E-state index in [2.05, 4.69) is 6.92 Å². The van der Waals surface area contributed by atoms with Gasteiger partial charge in [0.05, 0.1) is 0 Å². The molecule has 0 aromatic carbocycles. The molecule has 0 saturated carbocycles. The molecule has 2 unspecified atom stereocenters. The minimum Gasteiger partial charge on any atom is -0.459 e. The van der Waals surface area contributed by atoms with Gasteiger partial charge in [0.1, 0.15) is 17.8 Å². The van der Waals surface area contributed by atoms with Gasteiger partial charge in [-0.15, -0.1) is 0 Å². The number of alkyl halides is 1. The Bertz CT molecular complexity index is 226. The Balaban J connectivity index is 3.90. The van der Waals surface area contributed by atoms with Gasteiger partial charge >= 0.3 is 5.97 Å². The number of ether oxygens (including phenoxy) is 1. The van der Waals surface area contributed by atoms with Gasteiger partial charge in [-0.2, -0.15) is 0 Å². The van der Waals surface area contributed by atoms with Crippen molar-refractivity contribution in [2.45, 2.75) is 77.6 Å². The van der Waals surface area contributed by atoms with E-state index in [1.807, 2.05) is 0 Å². The lowest BCUT2D eigenvalue weighted by atomic mass is 10.0. The van der Waals surface area contributed by atoms with Gasteiger partial charge in [-0.3, -0.25) is 4.79 Å². The van der Waals surface area contributed by atoms with Crippen molar-refractivity contribution in [2.75, 3.05) is 0 Å². The Labute approximate surface area is 104 Å². The molecular weight excluding hydrogens is 221 g/mol. The molecule has 4 heteroatoms. The Kier molecular flexibility index (Phi) is 7.35. The van der Waals surface area contributed by atoms with Crippen molar-refractivity contribution >= 4 is 5.97 Å². The van der Waals surface area contributed by atoms with Gasteiger partial charge in [-0.1, -0.05) is 26.2 Å². The van der Waals surface area contributed by atoms with E-state index in [9.17, 15) is 9.18 Å². The second-order valence-corrected chi connectivity index (χ2v) is 5.47. The average Bonchev–Trinajstić information content (AvgIpc) is 2.15. The maximum atomic E-state index is 13.5. The van der Waals surface area contributed by atoms with Crippen LogP contribution in [0, 0.1) is 0 Å². The monoisotopic (exact) mass is 247 g/mol. The van der Waals surface area contributed by atoms with E-state index in [1.54, 1.807) is 20.8 Å². The highest BCUT2D eigenvalue weighted by Gasteiger charge is 2.24. The molecule has 0 aliphatic carbocycles. The van der Waals surface area contributed by atoms with Crippen molar-refractivity contribution in [1.29, 1.82) is 0 Å². The van der Waals surface area contributed by atoms with Crippen LogP contribution in [-0.4, -0.2) is 23.8 Å². The molecule has 2 N–H and O–H groups in total. The molecule has 102 valence electrons. The molecule has 3 nitrogen and oxygen atoms in total. The summed E-state index contributed by atoms with van der Waals surface area (Å²) in [4.78, 5) is 11.5. The summed E-state index contributed by atoms with van der Waals surface area (Å²) in [6.45, 7) is 7.38. The molecule has 0 amide bonds. The number of hydrogen-bond acceptors (Lipinski definition) is 3. The molecule has 0 radical (unpaired) electrons. The second kappa shape index (κ2) is 7.64. The maximum absolute atomic E-state index is 13.5. The smallest absolute Gasteiger partial charge is 0.323 e. The minimum atomic E-state index is -1.01. The largest absolute Gasteiger partial charge is 0.459 e. The number of carbonyl (C=O) groups excluding carboxylic acids is 1. The summed E-state index contributed by atoms with van der Waals surface area (Å²) < 4.78 is 18.6. The van der Waals surface area contributed by atoms with E-state index in [0.717, 1.165) is 19.3 Å². The van der Waals surface area contributed by atoms with E-state index in [1.165, 1.54) is 0 Å². The van der Waals surface area contributed by atoms with Crippen LogP contribution < -0.4 is 5.73 Å². The number of nitrogens with two attached hydrogens (primary N) is 1. The fourth-order valence-electron chi connectivity index (χ4n) is 1.48. The van der Waals surface area contributed by atoms with Gasteiger partial charge in [-0.05, 0) is 27.2 Å². The lowest BCUT2D eigenvalue weighted by Gasteiger charge is -2.22. The van der Waals surface area contributed by atoms with Crippen LogP contribution in [0.5, 0.6) is 0 Å². The van der Waals surface area contributed by atoms with Crippen LogP contribution in [0.4, 0.5) is 4.39 Å². The third kappa shape index (κ3) is 9.10. The number of halogens is 1. The van der Waals surface area contributed by atoms with Crippen LogP contribution in [0.2, 0.25) is 0 Å². The predicted octanol–water partition coefficient (Wildman–Crippen LogP) is 2.96. The normalized spacial score (nSPS) is 15.4. The Morgan fingerprint density at radius 1 is 1.35 bits per heavy atom. The quantitative estimate of drug-likeness (QED) is 0.556. The van der Waals surface area contributed by atoms with E-state index in [0.29, 0.717) is 6.42 Å². The first-order chi connectivity index (χ1) is 7.76. The molecule has 0 heterocycles. The van der Waals surface area contributed by atoms with Gasteiger partial charge in [-0.25, -0.2) is 4.39 Å². The number of esters is 1. The molecule has 2 atom stereocenters. The number of unbranched alkanes of at least 4 members (excludes halogenated alkanes) is 2. The predicted molar refractivity (Wildman–Crippen MR) is 67.5 cm³/mol. The Hall–Kier alpha value is -0.640. The number of hydrogen-bond donors (Lipinski definition) is 1. The SMILES string of the molecule is CCCCCC(F)CC(N)C(=O)OC(C)(C)C. The molecule has 0 rings (SSSR count). The zero-order chi connectivity index (χ0) is 13.5. The Morgan fingerprint density at radius 2 is 1.94 bits per heavy atom. The summed E-state index contributed by atoms with van der Waals surface area (Å²) in [7, 11) is 0. The van der Waals surface area contributed by atoms with Crippen molar-refractivity contribution in [1.82, 2.24) is 0 Å². The zero-order valence-electron chi connectivity index (χ0n) is 11.5. The van der Waals surface area contributed by atoms with Crippen molar-refractivity contribution in [3.63, 3.8) is 0 Å². The molecule has 0 aliphatic heterocycles. The van der Waals surface area contributed by atoms with Gasteiger partial charge in [0, 0.05) is 6.42 Å². The molecule has 17 heavy (non-hydrogen) atoms. The molecule has 0 saturated heterocycles. The third-order valence-corrected chi connectivity index (χ3v) is 2.34. The summed E-state index contributed by atoms with van der Waals surface area (Å²) in [5, 5.41) is 0. The van der Waals surface area contributed by atoms with E-state index in [-0.39, 0.29) is 6.42 Å². The Morgan fingerprint density at radius 3 is 2.41 bits per heavy atom. The maximum Gasteiger partial charge on any atom is 0.323 e. The van der Waals surface area contributed by atoms with Gasteiger partial charge in [0.2, 0.25) is 0 Å². The zero-order valence-corrected chi connectivity index (χ0v) is 11.5. The topological polar surface area (TPSA) is 52.3 Å². The first-order valence-corrected chi connectivity index (χ1v) is 6.38. The van der Waals surface area contributed by atoms with Crippen LogP contribution in [0.1, 0.15) is 59.8 Å². The molecule has 0 aliphatic rings. The molecular formula is C13H26FNO2. The molecule has 0 spiro atoms. The van der Waals surface area contributed by atoms with Crippen LogP contribution >= 0.6 is 0 Å². The highest BCUT2D eigenvalue weighted by atomic mass is 19.1. The number of rotatable bonds is 7. The van der Waals surface area contributed by atoms with Crippen LogP contribution in [0.25, 0.3) is 0 Å². The van der Waals surface area contributed by atoms with Gasteiger partial charge in [0.25, 0.3) is 0 Å². The summed E-state index contributed by atoms with van der Waals surface area (Å²) in [5.74, 6) is -0.518. The average molecular weight is 247 g/mol. The first-order valence-electron chi connectivity index (χ1n) is 6.38. The molecule has 0 aromatic heterocycles. The first kappa shape index (κ1) is 16.4. The van der Waals surface area contributed by atoms with Gasteiger partial charge < -0.3 is 10.5 Å². The third-order valence-electron chi connectivity index (χ3n) is 2.34. The van der Waals surface area contributed by atoms with Crippen molar-refractivity contribution in [2.24, 2.45) is 5.73 Å². The standard InChI is InChI=1S/C13H26FNO2/c1-5-6-7-8-10(14)9-11(15)12(16)17-13(2,3)4/h10-11H,5-9,15H2,1-4H3. The highest BCUT2D eigenvalue weighted by Crippen LogP contribution is 2.14. The summed E-state index contributed by atoms with van der Waals surface area (Å²) in [5.41, 5.74) is 5.05. The van der Waals surface area contributed by atoms with Gasteiger partial charge in [0.15, 0.2) is 0 Å². The van der Waals surface area contributed by atoms with E-state index < -0.39 is 23.8 Å². The van der Waals surface area contributed by atoms with Crippen LogP contribution in [0.3, 0.4) is 0 Å². The van der Waals surface area contributed by atoms with Crippen LogP contribution in [-0.2, 0) is 9.53 Å². The van der Waals surface area contributed by atoms with E-state index in [4.69, 9.17) is 10.5 Å². The molecule has 0 fully saturated rings. The van der Waals surface area contributed by atoms with Crippen molar-refractivity contribution in [3.05, 3.63) is 0 Å². The highest BCUT2D eigenvalue weighted by molar-refractivity contribution is 5.75.